The second-order valence-electron chi connectivity index (χ2n) is 7.71. The Kier molecular flexibility index (Phi) is 5.38. The number of thiophene rings is 1. The summed E-state index contributed by atoms with van der Waals surface area (Å²) in [6.45, 7) is 0.0326. The Morgan fingerprint density at radius 2 is 2.00 bits per heavy atom. The van der Waals surface area contributed by atoms with Crippen molar-refractivity contribution in [1.82, 2.24) is 19.7 Å². The number of fused-ring (bicyclic) bond motifs is 3. The van der Waals surface area contributed by atoms with Crippen LogP contribution in [-0.2, 0) is 35.4 Å². The third-order valence-electron chi connectivity index (χ3n) is 5.53. The van der Waals surface area contributed by atoms with Crippen LogP contribution in [0.1, 0.15) is 41.1 Å². The molecule has 0 aliphatic heterocycles. The van der Waals surface area contributed by atoms with Crippen LogP contribution in [0.2, 0.25) is 0 Å². The van der Waals surface area contributed by atoms with E-state index in [9.17, 15) is 4.79 Å². The largest absolute Gasteiger partial charge is 0.457 e. The van der Waals surface area contributed by atoms with E-state index in [0.29, 0.717) is 18.1 Å². The van der Waals surface area contributed by atoms with Gasteiger partial charge in [-0.15, -0.1) is 11.3 Å². The van der Waals surface area contributed by atoms with Crippen LogP contribution >= 0.6 is 11.3 Å². The van der Waals surface area contributed by atoms with Crippen LogP contribution in [-0.4, -0.2) is 25.7 Å². The van der Waals surface area contributed by atoms with Gasteiger partial charge in [0.2, 0.25) is 0 Å². The Labute approximate surface area is 183 Å². The van der Waals surface area contributed by atoms with E-state index in [1.165, 1.54) is 23.3 Å². The van der Waals surface area contributed by atoms with Gasteiger partial charge in [-0.2, -0.15) is 5.10 Å². The zero-order chi connectivity index (χ0) is 21.2. The number of carbonyl (C=O) groups excluding carboxylic acids is 1. The Bertz CT molecular complexity index is 1230. The highest BCUT2D eigenvalue weighted by molar-refractivity contribution is 7.19. The zero-order valence-corrected chi connectivity index (χ0v) is 17.9. The van der Waals surface area contributed by atoms with Crippen molar-refractivity contribution < 1.29 is 9.53 Å². The van der Waals surface area contributed by atoms with E-state index in [1.807, 2.05) is 36.5 Å². The molecule has 0 saturated heterocycles. The molecule has 3 heterocycles. The number of anilines is 1. The summed E-state index contributed by atoms with van der Waals surface area (Å²) in [5, 5.41) is 5.35. The molecule has 5 rings (SSSR count). The van der Waals surface area contributed by atoms with Crippen molar-refractivity contribution in [3.63, 3.8) is 0 Å². The molecule has 8 heteroatoms. The number of aromatic nitrogens is 4. The summed E-state index contributed by atoms with van der Waals surface area (Å²) in [5.74, 6) is 0.651. The SMILES string of the molecule is Nc1nc(COC(=O)CCc2cnn(-c3ccccc3)c2)nc2sc3c(c12)CCCC3. The van der Waals surface area contributed by atoms with Gasteiger partial charge in [-0.05, 0) is 55.4 Å². The van der Waals surface area contributed by atoms with E-state index in [4.69, 9.17) is 10.5 Å². The molecular weight excluding hydrogens is 410 g/mol. The first-order chi connectivity index (χ1) is 15.2. The number of esters is 1. The maximum absolute atomic E-state index is 12.2. The smallest absolute Gasteiger partial charge is 0.306 e. The number of nitrogen functional groups attached to an aromatic ring is 1. The van der Waals surface area contributed by atoms with Crippen LogP contribution in [0, 0.1) is 0 Å². The van der Waals surface area contributed by atoms with Crippen molar-refractivity contribution in [2.24, 2.45) is 0 Å². The lowest BCUT2D eigenvalue weighted by molar-refractivity contribution is -0.145. The summed E-state index contributed by atoms with van der Waals surface area (Å²) < 4.78 is 7.20. The maximum atomic E-state index is 12.2. The molecule has 0 atom stereocenters. The molecular formula is C23H23N5O2S. The second-order valence-corrected chi connectivity index (χ2v) is 8.79. The van der Waals surface area contributed by atoms with Gasteiger partial charge in [-0.3, -0.25) is 4.79 Å². The molecule has 1 aromatic carbocycles. The van der Waals surface area contributed by atoms with Crippen molar-refractivity contribution in [3.05, 3.63) is 64.6 Å². The van der Waals surface area contributed by atoms with Crippen LogP contribution < -0.4 is 5.73 Å². The predicted octanol–water partition coefficient (Wildman–Crippen LogP) is 4.01. The number of aryl methyl sites for hydroxylation is 3. The molecule has 1 aliphatic carbocycles. The molecule has 7 nitrogen and oxygen atoms in total. The van der Waals surface area contributed by atoms with E-state index < -0.39 is 0 Å². The fourth-order valence-corrected chi connectivity index (χ4v) is 5.26. The number of ether oxygens (including phenoxy) is 1. The highest BCUT2D eigenvalue weighted by Gasteiger charge is 2.20. The maximum Gasteiger partial charge on any atom is 0.306 e. The number of nitrogens with zero attached hydrogens (tertiary/aromatic N) is 4. The summed E-state index contributed by atoms with van der Waals surface area (Å²) >= 11 is 1.69. The third kappa shape index (κ3) is 4.16. The van der Waals surface area contributed by atoms with Gasteiger partial charge in [0.15, 0.2) is 12.4 Å². The quantitative estimate of drug-likeness (QED) is 0.462. The first kappa shape index (κ1) is 19.7. The Morgan fingerprint density at radius 1 is 1.16 bits per heavy atom. The van der Waals surface area contributed by atoms with Crippen molar-refractivity contribution >= 4 is 33.3 Å². The molecule has 0 fully saturated rings. The van der Waals surface area contributed by atoms with E-state index in [2.05, 4.69) is 15.1 Å². The monoisotopic (exact) mass is 433 g/mol. The molecule has 0 saturated carbocycles. The first-order valence-corrected chi connectivity index (χ1v) is 11.3. The molecule has 0 bridgehead atoms. The van der Waals surface area contributed by atoms with Crippen molar-refractivity contribution in [2.75, 3.05) is 5.73 Å². The molecule has 0 spiro atoms. The molecule has 31 heavy (non-hydrogen) atoms. The van der Waals surface area contributed by atoms with Crippen molar-refractivity contribution in [1.29, 1.82) is 0 Å². The molecule has 1 aliphatic rings. The number of para-hydroxylation sites is 1. The van der Waals surface area contributed by atoms with E-state index >= 15 is 0 Å². The lowest BCUT2D eigenvalue weighted by atomic mass is 9.97. The summed E-state index contributed by atoms with van der Waals surface area (Å²) in [7, 11) is 0. The number of rotatable bonds is 6. The Balaban J connectivity index is 1.19. The summed E-state index contributed by atoms with van der Waals surface area (Å²) in [4.78, 5) is 23.5. The number of hydrogen-bond acceptors (Lipinski definition) is 7. The van der Waals surface area contributed by atoms with Crippen LogP contribution in [0.5, 0.6) is 0 Å². The topological polar surface area (TPSA) is 95.9 Å². The second kappa shape index (κ2) is 8.47. The van der Waals surface area contributed by atoms with Gasteiger partial charge in [-0.25, -0.2) is 14.6 Å². The van der Waals surface area contributed by atoms with Crippen LogP contribution in [0.3, 0.4) is 0 Å². The molecule has 0 amide bonds. The Hall–Kier alpha value is -3.26. The Morgan fingerprint density at radius 3 is 2.87 bits per heavy atom. The van der Waals surface area contributed by atoms with E-state index in [0.717, 1.165) is 34.3 Å². The molecule has 0 unspecified atom stereocenters. The normalized spacial score (nSPS) is 13.3. The molecule has 0 radical (unpaired) electrons. The molecule has 4 aromatic rings. The zero-order valence-electron chi connectivity index (χ0n) is 17.1. The minimum absolute atomic E-state index is 0.0326. The molecule has 158 valence electrons. The summed E-state index contributed by atoms with van der Waals surface area (Å²) in [6.07, 6.45) is 9.05. The summed E-state index contributed by atoms with van der Waals surface area (Å²) in [6, 6.07) is 9.86. The van der Waals surface area contributed by atoms with Crippen molar-refractivity contribution in [3.8, 4) is 5.69 Å². The first-order valence-electron chi connectivity index (χ1n) is 10.5. The highest BCUT2D eigenvalue weighted by atomic mass is 32.1. The van der Waals surface area contributed by atoms with Gasteiger partial charge in [0.25, 0.3) is 0 Å². The predicted molar refractivity (Wildman–Crippen MR) is 120 cm³/mol. The van der Waals surface area contributed by atoms with Gasteiger partial charge >= 0.3 is 5.97 Å². The minimum Gasteiger partial charge on any atom is -0.457 e. The average Bonchev–Trinajstić information content (AvgIpc) is 3.41. The minimum atomic E-state index is -0.291. The third-order valence-corrected chi connectivity index (χ3v) is 6.71. The van der Waals surface area contributed by atoms with Crippen LogP contribution in [0.15, 0.2) is 42.7 Å². The lowest BCUT2D eigenvalue weighted by Crippen LogP contribution is -2.09. The van der Waals surface area contributed by atoms with Crippen LogP contribution in [0.4, 0.5) is 5.82 Å². The number of nitrogens with two attached hydrogens (primary N) is 1. The van der Waals surface area contributed by atoms with Gasteiger partial charge in [0.1, 0.15) is 10.6 Å². The fraction of sp³-hybridized carbons (Fsp3) is 0.304. The van der Waals surface area contributed by atoms with E-state index in [-0.39, 0.29) is 19.0 Å². The van der Waals surface area contributed by atoms with Gasteiger partial charge in [0.05, 0.1) is 17.3 Å². The summed E-state index contributed by atoms with van der Waals surface area (Å²) in [5.41, 5.74) is 9.49. The van der Waals surface area contributed by atoms with Gasteiger partial charge in [-0.1, -0.05) is 18.2 Å². The molecule has 3 aromatic heterocycles. The van der Waals surface area contributed by atoms with Crippen LogP contribution in [0.25, 0.3) is 15.9 Å². The number of carbonyl (C=O) groups is 1. The van der Waals surface area contributed by atoms with Gasteiger partial charge < -0.3 is 10.5 Å². The average molecular weight is 434 g/mol. The van der Waals surface area contributed by atoms with E-state index in [1.54, 1.807) is 22.2 Å². The standard InChI is InChI=1S/C23H23N5O2S/c24-22-21-17-8-4-5-9-18(17)31-23(21)27-19(26-22)14-30-20(29)11-10-15-12-25-28(13-15)16-6-2-1-3-7-16/h1-3,6-7,12-13H,4-5,8-11,14H2,(H2,24,26,27). The van der Waals surface area contributed by atoms with Crippen molar-refractivity contribution in [2.45, 2.75) is 45.1 Å². The number of hydrogen-bond donors (Lipinski definition) is 1. The number of benzene rings is 1. The fourth-order valence-electron chi connectivity index (χ4n) is 3.97. The highest BCUT2D eigenvalue weighted by Crippen LogP contribution is 2.37. The lowest BCUT2D eigenvalue weighted by Gasteiger charge is -2.10. The molecule has 2 N–H and O–H groups in total. The van der Waals surface area contributed by atoms with Gasteiger partial charge in [0, 0.05) is 17.5 Å².